The maximum Gasteiger partial charge on any atom is 0.289 e. The molecule has 0 heterocycles. The van der Waals surface area contributed by atoms with E-state index >= 15 is 0 Å². The Balaban J connectivity index is 3.63. The summed E-state index contributed by atoms with van der Waals surface area (Å²) in [5.41, 5.74) is -0.853. The maximum atomic E-state index is 12.1. The molecule has 1 aromatic rings. The van der Waals surface area contributed by atoms with Crippen LogP contribution in [-0.4, -0.2) is 32.9 Å². The molecular formula is C9H11ClN2O6S2. The summed E-state index contributed by atoms with van der Waals surface area (Å²) >= 11 is 5.46. The van der Waals surface area contributed by atoms with Crippen LogP contribution in [0.5, 0.6) is 0 Å². The van der Waals surface area contributed by atoms with Crippen LogP contribution in [-0.2, 0) is 19.9 Å². The minimum absolute atomic E-state index is 0.254. The number of nitro benzene ring substituents is 1. The summed E-state index contributed by atoms with van der Waals surface area (Å²) in [5.74, 6) is -0.254. The molecule has 0 aliphatic rings. The van der Waals surface area contributed by atoms with Crippen LogP contribution in [0.4, 0.5) is 5.69 Å². The lowest BCUT2D eigenvalue weighted by atomic mass is 10.3. The predicted molar refractivity (Wildman–Crippen MR) is 71.8 cm³/mol. The third-order valence-corrected chi connectivity index (χ3v) is 6.25. The highest BCUT2D eigenvalue weighted by Crippen LogP contribution is 2.29. The Morgan fingerprint density at radius 3 is 2.30 bits per heavy atom. The molecule has 0 spiro atoms. The molecule has 20 heavy (non-hydrogen) atoms. The van der Waals surface area contributed by atoms with E-state index in [1.165, 1.54) is 6.92 Å². The molecule has 2 N–H and O–H groups in total. The number of nitrogens with zero attached hydrogens (tertiary/aromatic N) is 1. The van der Waals surface area contributed by atoms with Gasteiger partial charge < -0.3 is 0 Å². The van der Waals surface area contributed by atoms with Gasteiger partial charge in [0.1, 0.15) is 4.90 Å². The standard InChI is InChI=1S/C9H11ClN2O6S2/c1-6(5-10)19(15,16)9-3-2-7(20(11,17)18)4-8(9)12(13)14/h2-4,6H,5H2,1H3,(H2,11,17,18). The van der Waals surface area contributed by atoms with Gasteiger partial charge in [0.15, 0.2) is 9.84 Å². The Labute approximate surface area is 120 Å². The van der Waals surface area contributed by atoms with Gasteiger partial charge >= 0.3 is 0 Å². The maximum absolute atomic E-state index is 12.1. The van der Waals surface area contributed by atoms with Crippen molar-refractivity contribution in [2.45, 2.75) is 22.0 Å². The van der Waals surface area contributed by atoms with Crippen molar-refractivity contribution in [3.63, 3.8) is 0 Å². The van der Waals surface area contributed by atoms with Crippen molar-refractivity contribution in [2.75, 3.05) is 5.88 Å². The Kier molecular flexibility index (Phi) is 4.74. The van der Waals surface area contributed by atoms with E-state index in [0.717, 1.165) is 12.1 Å². The highest BCUT2D eigenvalue weighted by molar-refractivity contribution is 7.92. The van der Waals surface area contributed by atoms with Gasteiger partial charge in [-0.25, -0.2) is 22.0 Å². The van der Waals surface area contributed by atoms with Crippen LogP contribution in [0, 0.1) is 10.1 Å². The first-order chi connectivity index (χ1) is 9.01. The summed E-state index contributed by atoms with van der Waals surface area (Å²) in [6, 6.07) is 2.36. The number of rotatable bonds is 5. The summed E-state index contributed by atoms with van der Waals surface area (Å²) < 4.78 is 46.4. The lowest BCUT2D eigenvalue weighted by Crippen LogP contribution is -2.21. The Bertz CT molecular complexity index is 744. The van der Waals surface area contributed by atoms with Crippen molar-refractivity contribution in [1.82, 2.24) is 0 Å². The average molecular weight is 343 g/mol. The quantitative estimate of drug-likeness (QED) is 0.473. The normalized spacial score (nSPS) is 13.9. The third-order valence-electron chi connectivity index (χ3n) is 2.51. The van der Waals surface area contributed by atoms with E-state index in [4.69, 9.17) is 16.7 Å². The fraction of sp³-hybridized carbons (Fsp3) is 0.333. The van der Waals surface area contributed by atoms with Gasteiger partial charge in [-0.1, -0.05) is 0 Å². The lowest BCUT2D eigenvalue weighted by Gasteiger charge is -2.10. The second kappa shape index (κ2) is 5.64. The molecule has 112 valence electrons. The van der Waals surface area contributed by atoms with Crippen molar-refractivity contribution in [1.29, 1.82) is 0 Å². The van der Waals surface area contributed by atoms with Crippen LogP contribution in [0.3, 0.4) is 0 Å². The molecule has 0 radical (unpaired) electrons. The number of hydrogen-bond acceptors (Lipinski definition) is 6. The van der Waals surface area contributed by atoms with E-state index in [9.17, 15) is 26.9 Å². The second-order valence-corrected chi connectivity index (χ2v) is 8.15. The van der Waals surface area contributed by atoms with Gasteiger partial charge in [-0.2, -0.15) is 0 Å². The molecular weight excluding hydrogens is 332 g/mol. The highest BCUT2D eigenvalue weighted by Gasteiger charge is 2.31. The van der Waals surface area contributed by atoms with Crippen molar-refractivity contribution in [3.8, 4) is 0 Å². The van der Waals surface area contributed by atoms with Crippen LogP contribution in [0.1, 0.15) is 6.92 Å². The van der Waals surface area contributed by atoms with Crippen molar-refractivity contribution < 1.29 is 21.8 Å². The molecule has 0 saturated heterocycles. The number of benzene rings is 1. The van der Waals surface area contributed by atoms with E-state index in [1.807, 2.05) is 0 Å². The molecule has 0 saturated carbocycles. The zero-order valence-corrected chi connectivity index (χ0v) is 12.6. The zero-order valence-electron chi connectivity index (χ0n) is 10.2. The van der Waals surface area contributed by atoms with E-state index in [1.54, 1.807) is 0 Å². The first-order valence-corrected chi connectivity index (χ1v) is 8.75. The van der Waals surface area contributed by atoms with Gasteiger partial charge in [0, 0.05) is 11.9 Å². The van der Waals surface area contributed by atoms with Gasteiger partial charge in [0.05, 0.1) is 15.1 Å². The number of nitrogens with two attached hydrogens (primary N) is 1. The first kappa shape index (κ1) is 16.8. The van der Waals surface area contributed by atoms with Crippen LogP contribution >= 0.6 is 11.6 Å². The molecule has 1 aromatic carbocycles. The number of halogens is 1. The third kappa shape index (κ3) is 3.26. The van der Waals surface area contributed by atoms with Crippen molar-refractivity contribution in [2.24, 2.45) is 5.14 Å². The SMILES string of the molecule is CC(CCl)S(=O)(=O)c1ccc(S(N)(=O)=O)cc1[N+](=O)[O-]. The predicted octanol–water partition coefficient (Wildman–Crippen LogP) is 0.643. The van der Waals surface area contributed by atoms with Gasteiger partial charge in [-0.05, 0) is 19.1 Å². The molecule has 0 aliphatic carbocycles. The van der Waals surface area contributed by atoms with Gasteiger partial charge in [0.2, 0.25) is 10.0 Å². The fourth-order valence-electron chi connectivity index (χ4n) is 1.36. The molecule has 0 fully saturated rings. The van der Waals surface area contributed by atoms with Crippen LogP contribution in [0.25, 0.3) is 0 Å². The Hall–Kier alpha value is -1.23. The molecule has 8 nitrogen and oxygen atoms in total. The van der Waals surface area contributed by atoms with E-state index in [0.29, 0.717) is 6.07 Å². The number of sulfone groups is 1. The summed E-state index contributed by atoms with van der Waals surface area (Å²) in [6.07, 6.45) is 0. The molecule has 11 heteroatoms. The van der Waals surface area contributed by atoms with Crippen molar-refractivity contribution in [3.05, 3.63) is 28.3 Å². The fourth-order valence-corrected chi connectivity index (χ4v) is 3.67. The molecule has 1 atom stereocenters. The zero-order chi connectivity index (χ0) is 15.7. The second-order valence-electron chi connectivity index (χ2n) is 3.94. The smallest absolute Gasteiger partial charge is 0.258 e. The number of hydrogen-bond donors (Lipinski definition) is 1. The minimum Gasteiger partial charge on any atom is -0.258 e. The Morgan fingerprint density at radius 1 is 1.35 bits per heavy atom. The Morgan fingerprint density at radius 2 is 1.90 bits per heavy atom. The molecule has 0 amide bonds. The molecule has 0 bridgehead atoms. The number of sulfonamides is 1. The van der Waals surface area contributed by atoms with E-state index < -0.39 is 45.5 Å². The molecule has 0 aromatic heterocycles. The van der Waals surface area contributed by atoms with Crippen LogP contribution < -0.4 is 5.14 Å². The summed E-state index contributed by atoms with van der Waals surface area (Å²) in [4.78, 5) is 8.81. The summed E-state index contributed by atoms with van der Waals surface area (Å²) in [6.45, 7) is 1.29. The van der Waals surface area contributed by atoms with E-state index in [2.05, 4.69) is 0 Å². The monoisotopic (exact) mass is 342 g/mol. The first-order valence-electron chi connectivity index (χ1n) is 5.13. The average Bonchev–Trinajstić information content (AvgIpc) is 2.35. The van der Waals surface area contributed by atoms with Gasteiger partial charge in [0.25, 0.3) is 5.69 Å². The lowest BCUT2D eigenvalue weighted by molar-refractivity contribution is -0.388. The number of nitro groups is 1. The molecule has 0 aliphatic heterocycles. The number of alkyl halides is 1. The van der Waals surface area contributed by atoms with Gasteiger partial charge in [-0.15, -0.1) is 11.6 Å². The summed E-state index contributed by atoms with van der Waals surface area (Å²) in [5, 5.41) is 14.7. The summed E-state index contributed by atoms with van der Waals surface area (Å²) in [7, 11) is -8.21. The molecule has 1 unspecified atom stereocenters. The highest BCUT2D eigenvalue weighted by atomic mass is 35.5. The van der Waals surface area contributed by atoms with Gasteiger partial charge in [-0.3, -0.25) is 10.1 Å². The van der Waals surface area contributed by atoms with E-state index in [-0.39, 0.29) is 5.88 Å². The van der Waals surface area contributed by atoms with Crippen LogP contribution in [0.15, 0.2) is 28.0 Å². The van der Waals surface area contributed by atoms with Crippen LogP contribution in [0.2, 0.25) is 0 Å². The van der Waals surface area contributed by atoms with Crippen molar-refractivity contribution >= 4 is 37.1 Å². The number of primary sulfonamides is 1. The largest absolute Gasteiger partial charge is 0.289 e. The minimum atomic E-state index is -4.17. The molecule has 1 rings (SSSR count). The topological polar surface area (TPSA) is 137 Å².